The number of aromatic nitrogens is 1. The molecule has 0 aliphatic carbocycles. The van der Waals surface area contributed by atoms with Gasteiger partial charge in [-0.05, 0) is 89.1 Å². The van der Waals surface area contributed by atoms with Gasteiger partial charge in [0.2, 0.25) is 0 Å². The predicted octanol–water partition coefficient (Wildman–Crippen LogP) is 5.70. The molecule has 0 radical (unpaired) electrons. The Hall–Kier alpha value is -3.76. The summed E-state index contributed by atoms with van der Waals surface area (Å²) in [6.07, 6.45) is 4.55. The fraction of sp³-hybridized carbons (Fsp3) is 0.182. The van der Waals surface area contributed by atoms with Gasteiger partial charge in [0, 0.05) is 23.7 Å². The minimum absolute atomic E-state index is 0. The Kier molecular flexibility index (Phi) is 11.4. The number of nitrogens with one attached hydrogen (secondary N) is 1. The monoisotopic (exact) mass is 560 g/mol. The Bertz CT molecular complexity index is 1540. The number of thioether (sulfide) groups is 1. The van der Waals surface area contributed by atoms with Crippen LogP contribution in [0.3, 0.4) is 0 Å². The second-order valence-corrected chi connectivity index (χ2v) is 10.5. The number of pyridine rings is 1. The zero-order chi connectivity index (χ0) is 28.6. The molecular weight excluding hydrogens is 527 g/mol. The summed E-state index contributed by atoms with van der Waals surface area (Å²) in [6.45, 7) is 6.37. The molecule has 1 amide bonds. The molecule has 0 spiro atoms. The number of aliphatic carboxylic acids is 1. The molecule has 0 saturated carbocycles. The standard InChI is InChI=1S/C33H32N2O4S.Li.H/c1-21-7-4-5-8-26(21)29-20-24(12-15-28(29)32(37)35-30(33(38)39)16-18-40-3)22(2)27-9-6-17-34-31(27)19-23-10-13-25(36)14-11-23;;/h4-15,17,20,30,36H,2,16,18-19H2,1,3H3,(H,35,37)(H,38,39);;/t30-;;/m0../s1. The van der Waals surface area contributed by atoms with Gasteiger partial charge < -0.3 is 15.5 Å². The van der Waals surface area contributed by atoms with Crippen LogP contribution in [0.2, 0.25) is 0 Å². The molecule has 1 aromatic heterocycles. The third-order valence-corrected chi connectivity index (χ3v) is 7.43. The van der Waals surface area contributed by atoms with Crippen LogP contribution in [0.5, 0.6) is 5.75 Å². The normalized spacial score (nSPS) is 11.3. The van der Waals surface area contributed by atoms with Crippen LogP contribution in [-0.4, -0.2) is 64.0 Å². The molecular formula is C33H33LiN2O4S. The number of rotatable bonds is 11. The van der Waals surface area contributed by atoms with Crippen LogP contribution in [0.25, 0.3) is 16.7 Å². The van der Waals surface area contributed by atoms with E-state index in [4.69, 9.17) is 0 Å². The molecule has 8 heteroatoms. The van der Waals surface area contributed by atoms with Crippen molar-refractivity contribution in [3.63, 3.8) is 0 Å². The van der Waals surface area contributed by atoms with E-state index in [-0.39, 0.29) is 24.6 Å². The number of aromatic hydroxyl groups is 1. The molecule has 3 aromatic carbocycles. The van der Waals surface area contributed by atoms with Gasteiger partial charge in [-0.1, -0.05) is 55.1 Å². The molecule has 0 aliphatic rings. The SMILES string of the molecule is C=C(c1ccc(C(=O)N[C@@H](CCSC)C(=O)O)c(-c2ccccc2C)c1)c1cccnc1Cc1ccc(O)cc1.[LiH]. The van der Waals surface area contributed by atoms with E-state index < -0.39 is 17.9 Å². The summed E-state index contributed by atoms with van der Waals surface area (Å²) in [6, 6.07) is 23.2. The van der Waals surface area contributed by atoms with Crippen molar-refractivity contribution in [1.29, 1.82) is 0 Å². The number of carbonyl (C=O) groups excluding carboxylic acids is 1. The summed E-state index contributed by atoms with van der Waals surface area (Å²) in [4.78, 5) is 29.8. The molecule has 206 valence electrons. The third kappa shape index (κ3) is 7.92. The summed E-state index contributed by atoms with van der Waals surface area (Å²) >= 11 is 1.54. The molecule has 4 rings (SSSR count). The topological polar surface area (TPSA) is 99.5 Å². The van der Waals surface area contributed by atoms with Crippen molar-refractivity contribution in [2.24, 2.45) is 0 Å². The van der Waals surface area contributed by atoms with E-state index in [1.165, 1.54) is 11.8 Å². The third-order valence-electron chi connectivity index (χ3n) is 6.79. The first-order valence-corrected chi connectivity index (χ1v) is 14.3. The van der Waals surface area contributed by atoms with E-state index >= 15 is 0 Å². The Morgan fingerprint density at radius 2 is 1.71 bits per heavy atom. The predicted molar refractivity (Wildman–Crippen MR) is 169 cm³/mol. The van der Waals surface area contributed by atoms with Crippen molar-refractivity contribution in [3.05, 3.63) is 125 Å². The van der Waals surface area contributed by atoms with E-state index in [0.717, 1.165) is 39.1 Å². The number of carboxylic acid groups (broad SMARTS) is 1. The number of carboxylic acids is 1. The van der Waals surface area contributed by atoms with Crippen LogP contribution in [0.1, 0.15) is 44.7 Å². The molecule has 6 nitrogen and oxygen atoms in total. The molecule has 0 unspecified atom stereocenters. The van der Waals surface area contributed by atoms with Crippen molar-refractivity contribution >= 4 is 48.1 Å². The molecule has 1 heterocycles. The molecule has 0 bridgehead atoms. The van der Waals surface area contributed by atoms with Crippen LogP contribution in [0.4, 0.5) is 0 Å². The zero-order valence-electron chi connectivity index (χ0n) is 22.6. The number of phenolic OH excluding ortho intramolecular Hbond substituents is 1. The van der Waals surface area contributed by atoms with Crippen LogP contribution >= 0.6 is 11.8 Å². The minimum atomic E-state index is -1.05. The second-order valence-electron chi connectivity index (χ2n) is 9.54. The van der Waals surface area contributed by atoms with Gasteiger partial charge in [0.05, 0.1) is 5.69 Å². The zero-order valence-corrected chi connectivity index (χ0v) is 23.4. The number of hydrogen-bond donors (Lipinski definition) is 3. The van der Waals surface area contributed by atoms with E-state index in [1.54, 1.807) is 24.4 Å². The number of benzene rings is 3. The van der Waals surface area contributed by atoms with Crippen molar-refractivity contribution in [1.82, 2.24) is 10.3 Å². The van der Waals surface area contributed by atoms with Gasteiger partial charge >= 0.3 is 24.8 Å². The number of amides is 1. The van der Waals surface area contributed by atoms with Gasteiger partial charge in [0.25, 0.3) is 5.91 Å². The molecule has 0 aliphatic heterocycles. The van der Waals surface area contributed by atoms with Gasteiger partial charge in [-0.25, -0.2) is 4.79 Å². The second kappa shape index (κ2) is 14.7. The number of nitrogens with zero attached hydrogens (tertiary/aromatic N) is 1. The van der Waals surface area contributed by atoms with E-state index in [2.05, 4.69) is 16.9 Å². The van der Waals surface area contributed by atoms with Crippen LogP contribution in [0, 0.1) is 6.92 Å². The molecule has 0 saturated heterocycles. The average molecular weight is 561 g/mol. The van der Waals surface area contributed by atoms with Gasteiger partial charge in [0.15, 0.2) is 0 Å². The maximum atomic E-state index is 13.4. The maximum absolute atomic E-state index is 13.4. The van der Waals surface area contributed by atoms with Crippen molar-refractivity contribution in [2.45, 2.75) is 25.8 Å². The Labute approximate surface area is 257 Å². The van der Waals surface area contributed by atoms with E-state index in [0.29, 0.717) is 29.7 Å². The number of aryl methyl sites for hydroxylation is 1. The van der Waals surface area contributed by atoms with Gasteiger partial charge in [-0.2, -0.15) is 11.8 Å². The van der Waals surface area contributed by atoms with Crippen molar-refractivity contribution in [3.8, 4) is 16.9 Å². The van der Waals surface area contributed by atoms with Gasteiger partial charge in [-0.3, -0.25) is 9.78 Å². The summed E-state index contributed by atoms with van der Waals surface area (Å²) in [5.74, 6) is -0.653. The number of hydrogen-bond acceptors (Lipinski definition) is 5. The molecule has 4 aromatic rings. The quantitative estimate of drug-likeness (QED) is 0.204. The first kappa shape index (κ1) is 31.8. The van der Waals surface area contributed by atoms with Crippen LogP contribution < -0.4 is 5.32 Å². The van der Waals surface area contributed by atoms with Crippen molar-refractivity contribution in [2.75, 3.05) is 12.0 Å². The van der Waals surface area contributed by atoms with E-state index in [1.807, 2.05) is 73.8 Å². The van der Waals surface area contributed by atoms with Crippen LogP contribution in [0.15, 0.2) is 91.6 Å². The fourth-order valence-electron chi connectivity index (χ4n) is 4.57. The van der Waals surface area contributed by atoms with Gasteiger partial charge in [-0.15, -0.1) is 0 Å². The Balaban J connectivity index is 0.00000462. The van der Waals surface area contributed by atoms with Gasteiger partial charge in [0.1, 0.15) is 11.8 Å². The number of carbonyl (C=O) groups is 2. The number of phenols is 1. The summed E-state index contributed by atoms with van der Waals surface area (Å²) in [7, 11) is 0. The van der Waals surface area contributed by atoms with E-state index in [9.17, 15) is 19.8 Å². The Morgan fingerprint density at radius 3 is 2.39 bits per heavy atom. The molecule has 3 N–H and O–H groups in total. The average Bonchev–Trinajstić information content (AvgIpc) is 2.96. The summed E-state index contributed by atoms with van der Waals surface area (Å²) < 4.78 is 0. The van der Waals surface area contributed by atoms with Crippen molar-refractivity contribution < 1.29 is 19.8 Å². The Morgan fingerprint density at radius 1 is 0.976 bits per heavy atom. The molecule has 0 fully saturated rings. The fourth-order valence-corrected chi connectivity index (χ4v) is 5.04. The summed E-state index contributed by atoms with van der Waals surface area (Å²) in [5.41, 5.74) is 7.29. The summed E-state index contributed by atoms with van der Waals surface area (Å²) in [5, 5.41) is 22.0. The first-order chi connectivity index (χ1) is 19.3. The molecule has 1 atom stereocenters. The van der Waals surface area contributed by atoms with Crippen LogP contribution in [-0.2, 0) is 11.2 Å². The molecule has 41 heavy (non-hydrogen) atoms. The first-order valence-electron chi connectivity index (χ1n) is 12.9.